The van der Waals surface area contributed by atoms with Gasteiger partial charge < -0.3 is 9.30 Å². The molecule has 2 heteroatoms. The van der Waals surface area contributed by atoms with Crippen LogP contribution < -0.4 is 4.90 Å². The van der Waals surface area contributed by atoms with Gasteiger partial charge in [0.2, 0.25) is 0 Å². The van der Waals surface area contributed by atoms with Gasteiger partial charge in [0, 0.05) is 38.8 Å². The van der Waals surface area contributed by atoms with Crippen molar-refractivity contribution in [1.29, 1.82) is 0 Å². The number of benzene rings is 7. The molecule has 7 aromatic carbocycles. The molecule has 0 amide bonds. The highest BCUT2D eigenvalue weighted by Crippen LogP contribution is 2.42. The van der Waals surface area contributed by atoms with E-state index in [-0.39, 0.29) is 0 Å². The van der Waals surface area contributed by atoms with Gasteiger partial charge in [-0.15, -0.1) is 0 Å². The minimum absolute atomic E-state index is 1.10. The Kier molecular flexibility index (Phi) is 7.56. The Bertz CT molecular complexity index is 2580. The van der Waals surface area contributed by atoms with E-state index in [1.807, 2.05) is 6.08 Å². The topological polar surface area (TPSA) is 7.65 Å². The summed E-state index contributed by atoms with van der Waals surface area (Å²) in [5, 5.41) is 3.76. The average Bonchev–Trinajstić information content (AvgIpc) is 3.70. The van der Waals surface area contributed by atoms with Crippen molar-refractivity contribution < 1.29 is 0 Å². The van der Waals surface area contributed by atoms with Crippen LogP contribution in [0.1, 0.15) is 18.2 Å². The summed E-state index contributed by atoms with van der Waals surface area (Å²) in [6, 6.07) is 61.2. The molecule has 2 heterocycles. The third-order valence-electron chi connectivity index (χ3n) is 10.0. The number of anilines is 3. The zero-order valence-corrected chi connectivity index (χ0v) is 28.5. The molecule has 0 unspecified atom stereocenters. The van der Waals surface area contributed by atoms with E-state index in [4.69, 9.17) is 0 Å². The van der Waals surface area contributed by atoms with Crippen LogP contribution >= 0.6 is 0 Å². The monoisotopic (exact) mass is 652 g/mol. The molecular weight excluding hydrogens is 617 g/mol. The maximum absolute atomic E-state index is 4.23. The number of para-hydroxylation sites is 1. The molecule has 0 aliphatic carbocycles. The minimum atomic E-state index is 1.10. The second-order valence-electron chi connectivity index (χ2n) is 13.0. The maximum Gasteiger partial charge on any atom is 0.0620 e. The highest BCUT2D eigenvalue weighted by Gasteiger charge is 2.21. The van der Waals surface area contributed by atoms with Crippen LogP contribution in [0.2, 0.25) is 0 Å². The molecule has 0 saturated carbocycles. The van der Waals surface area contributed by atoms with E-state index in [1.54, 1.807) is 0 Å². The summed E-state index contributed by atoms with van der Waals surface area (Å²) in [6.07, 6.45) is 6.31. The molecule has 9 aromatic rings. The standard InChI is InChI=1S/C49H36N2/c1-3-13-47-43(4-2)45-32-39(33-46-44-18-11-12-19-48(44)51(47)49(45)46)38-24-30-42(31-25-38)50(40-26-20-36(21-27-40)34-14-7-5-8-15-34)41-28-22-37(23-29-41)35-16-9-6-10-17-35/h3-33H,2H2,1H3/b13-3-. The summed E-state index contributed by atoms with van der Waals surface area (Å²) in [4.78, 5) is 2.34. The number of aromatic nitrogens is 1. The van der Waals surface area contributed by atoms with Gasteiger partial charge in [-0.1, -0.05) is 134 Å². The molecule has 0 aliphatic rings. The summed E-state index contributed by atoms with van der Waals surface area (Å²) in [5.74, 6) is 0. The van der Waals surface area contributed by atoms with Crippen molar-refractivity contribution in [3.63, 3.8) is 0 Å². The molecule has 9 rings (SSSR count). The smallest absolute Gasteiger partial charge is 0.0620 e. The molecule has 0 bridgehead atoms. The van der Waals surface area contributed by atoms with Crippen LogP contribution in [0, 0.1) is 0 Å². The Morgan fingerprint density at radius 2 is 0.922 bits per heavy atom. The molecule has 0 spiro atoms. The molecule has 0 N–H and O–H groups in total. The number of fused-ring (bicyclic) bond motifs is 3. The lowest BCUT2D eigenvalue weighted by molar-refractivity contribution is 1.26. The highest BCUT2D eigenvalue weighted by molar-refractivity contribution is 6.19. The lowest BCUT2D eigenvalue weighted by atomic mass is 9.98. The molecule has 0 fully saturated rings. The van der Waals surface area contributed by atoms with Gasteiger partial charge in [-0.2, -0.15) is 0 Å². The molecule has 51 heavy (non-hydrogen) atoms. The van der Waals surface area contributed by atoms with Crippen LogP contribution in [0.4, 0.5) is 17.1 Å². The Morgan fingerprint density at radius 3 is 1.43 bits per heavy atom. The number of hydrogen-bond acceptors (Lipinski definition) is 1. The molecule has 0 saturated heterocycles. The first kappa shape index (κ1) is 30.4. The molecule has 0 aliphatic heterocycles. The van der Waals surface area contributed by atoms with E-state index in [9.17, 15) is 0 Å². The fourth-order valence-electron chi connectivity index (χ4n) is 7.63. The van der Waals surface area contributed by atoms with E-state index in [0.29, 0.717) is 0 Å². The van der Waals surface area contributed by atoms with Gasteiger partial charge in [0.1, 0.15) is 0 Å². The SMILES string of the molecule is C=Cc1c(/C=C\C)n2c3ccccc3c3cc(-c4ccc(N(c5ccc(-c6ccccc6)cc5)c5ccc(-c6ccccc6)cc5)cc4)cc1c32. The van der Waals surface area contributed by atoms with Crippen molar-refractivity contribution in [2.45, 2.75) is 6.92 Å². The van der Waals surface area contributed by atoms with E-state index in [1.165, 1.54) is 71.8 Å². The maximum atomic E-state index is 4.23. The van der Waals surface area contributed by atoms with Gasteiger partial charge in [-0.05, 0) is 101 Å². The van der Waals surface area contributed by atoms with Crippen LogP contribution in [0.3, 0.4) is 0 Å². The molecule has 242 valence electrons. The summed E-state index contributed by atoms with van der Waals surface area (Å²) in [6.45, 7) is 6.30. The van der Waals surface area contributed by atoms with Gasteiger partial charge in [0.25, 0.3) is 0 Å². The van der Waals surface area contributed by atoms with Gasteiger partial charge >= 0.3 is 0 Å². The molecule has 2 nitrogen and oxygen atoms in total. The first-order chi connectivity index (χ1) is 25.2. The Hall–Kier alpha value is -6.64. The first-order valence-electron chi connectivity index (χ1n) is 17.5. The fraction of sp³-hybridized carbons (Fsp3) is 0.0204. The average molecular weight is 653 g/mol. The van der Waals surface area contributed by atoms with E-state index in [0.717, 1.165) is 17.1 Å². The number of allylic oxidation sites excluding steroid dienone is 1. The summed E-state index contributed by atoms with van der Waals surface area (Å²) in [5.41, 5.74) is 15.3. The summed E-state index contributed by atoms with van der Waals surface area (Å²) >= 11 is 0. The van der Waals surface area contributed by atoms with Crippen molar-refractivity contribution >= 4 is 56.4 Å². The van der Waals surface area contributed by atoms with Gasteiger partial charge in [-0.25, -0.2) is 0 Å². The second-order valence-corrected chi connectivity index (χ2v) is 13.0. The molecule has 0 atom stereocenters. The predicted molar refractivity (Wildman–Crippen MR) is 219 cm³/mol. The fourth-order valence-corrected chi connectivity index (χ4v) is 7.63. The molecular formula is C49H36N2. The van der Waals surface area contributed by atoms with Crippen molar-refractivity contribution in [3.05, 3.63) is 194 Å². The van der Waals surface area contributed by atoms with Crippen molar-refractivity contribution in [2.24, 2.45) is 0 Å². The number of hydrogen-bond donors (Lipinski definition) is 0. The van der Waals surface area contributed by atoms with Crippen molar-refractivity contribution in [1.82, 2.24) is 4.40 Å². The largest absolute Gasteiger partial charge is 0.311 e. The van der Waals surface area contributed by atoms with Crippen molar-refractivity contribution in [3.8, 4) is 33.4 Å². The minimum Gasteiger partial charge on any atom is -0.311 e. The lowest BCUT2D eigenvalue weighted by Crippen LogP contribution is -2.09. The van der Waals surface area contributed by atoms with E-state index < -0.39 is 0 Å². The Labute approximate surface area is 298 Å². The Balaban J connectivity index is 1.15. The van der Waals surface area contributed by atoms with E-state index in [2.05, 4.69) is 205 Å². The van der Waals surface area contributed by atoms with Gasteiger partial charge in [0.15, 0.2) is 0 Å². The lowest BCUT2D eigenvalue weighted by Gasteiger charge is -2.26. The van der Waals surface area contributed by atoms with Crippen molar-refractivity contribution in [2.75, 3.05) is 4.90 Å². The van der Waals surface area contributed by atoms with Crippen LogP contribution in [-0.4, -0.2) is 4.40 Å². The van der Waals surface area contributed by atoms with Crippen LogP contribution in [0.15, 0.2) is 183 Å². The van der Waals surface area contributed by atoms with Crippen LogP contribution in [0.5, 0.6) is 0 Å². The van der Waals surface area contributed by atoms with Crippen LogP contribution in [-0.2, 0) is 0 Å². The zero-order valence-electron chi connectivity index (χ0n) is 28.5. The number of nitrogens with zero attached hydrogens (tertiary/aromatic N) is 2. The third-order valence-corrected chi connectivity index (χ3v) is 10.0. The van der Waals surface area contributed by atoms with Gasteiger partial charge in [0.05, 0.1) is 16.7 Å². The Morgan fingerprint density at radius 1 is 0.471 bits per heavy atom. The number of rotatable bonds is 8. The zero-order chi connectivity index (χ0) is 34.3. The highest BCUT2D eigenvalue weighted by atomic mass is 15.1. The summed E-state index contributed by atoms with van der Waals surface area (Å²) in [7, 11) is 0. The third kappa shape index (κ3) is 5.21. The molecule has 0 radical (unpaired) electrons. The van der Waals surface area contributed by atoms with Gasteiger partial charge in [-0.3, -0.25) is 0 Å². The summed E-state index contributed by atoms with van der Waals surface area (Å²) < 4.78 is 2.40. The van der Waals surface area contributed by atoms with E-state index >= 15 is 0 Å². The predicted octanol–water partition coefficient (Wildman–Crippen LogP) is 13.8. The first-order valence-corrected chi connectivity index (χ1v) is 17.5. The van der Waals surface area contributed by atoms with Crippen LogP contribution in [0.25, 0.3) is 72.7 Å². The quantitative estimate of drug-likeness (QED) is 0.158. The normalized spacial score (nSPS) is 11.6. The second kappa shape index (κ2) is 12.7. The molecule has 2 aromatic heterocycles.